The second-order valence-corrected chi connectivity index (χ2v) is 5.00. The van der Waals surface area contributed by atoms with Crippen molar-refractivity contribution < 1.29 is 13.5 Å². The number of halogens is 3. The Labute approximate surface area is 123 Å². The van der Waals surface area contributed by atoms with E-state index < -0.39 is 11.6 Å². The molecular formula is C14H11BrF2N2O. The van der Waals surface area contributed by atoms with Gasteiger partial charge in [0.1, 0.15) is 18.3 Å². The Kier molecular flexibility index (Phi) is 4.34. The molecule has 0 fully saturated rings. The third-order valence-corrected chi connectivity index (χ3v) is 3.13. The summed E-state index contributed by atoms with van der Waals surface area (Å²) in [7, 11) is 0. The molecule has 2 aromatic carbocycles. The van der Waals surface area contributed by atoms with Crippen LogP contribution in [0.3, 0.4) is 0 Å². The minimum absolute atomic E-state index is 0.0447. The quantitative estimate of drug-likeness (QED) is 0.660. The van der Waals surface area contributed by atoms with Crippen molar-refractivity contribution in [3.05, 3.63) is 63.6 Å². The van der Waals surface area contributed by atoms with E-state index in [2.05, 4.69) is 15.9 Å². The van der Waals surface area contributed by atoms with E-state index in [1.807, 2.05) is 0 Å². The van der Waals surface area contributed by atoms with E-state index in [9.17, 15) is 8.78 Å². The van der Waals surface area contributed by atoms with Gasteiger partial charge in [-0.3, -0.25) is 5.41 Å². The van der Waals surface area contributed by atoms with Gasteiger partial charge in [-0.05, 0) is 24.3 Å². The van der Waals surface area contributed by atoms with Gasteiger partial charge in [0.05, 0.1) is 0 Å². The topological polar surface area (TPSA) is 59.1 Å². The van der Waals surface area contributed by atoms with Crippen LogP contribution in [-0.4, -0.2) is 5.84 Å². The van der Waals surface area contributed by atoms with E-state index in [4.69, 9.17) is 15.9 Å². The predicted octanol–water partition coefficient (Wildman–Crippen LogP) is 3.59. The number of nitrogens with two attached hydrogens (primary N) is 1. The Morgan fingerprint density at radius 1 is 1.15 bits per heavy atom. The van der Waals surface area contributed by atoms with Gasteiger partial charge >= 0.3 is 0 Å². The summed E-state index contributed by atoms with van der Waals surface area (Å²) in [6.07, 6.45) is 0. The van der Waals surface area contributed by atoms with Crippen LogP contribution in [0, 0.1) is 17.0 Å². The molecule has 0 heterocycles. The van der Waals surface area contributed by atoms with E-state index in [0.717, 1.165) is 6.07 Å². The first-order valence-electron chi connectivity index (χ1n) is 5.68. The van der Waals surface area contributed by atoms with Crippen molar-refractivity contribution in [2.24, 2.45) is 5.73 Å². The van der Waals surface area contributed by atoms with Gasteiger partial charge in [0, 0.05) is 15.6 Å². The molecular weight excluding hydrogens is 330 g/mol. The molecule has 0 unspecified atom stereocenters. The molecule has 0 aliphatic heterocycles. The monoisotopic (exact) mass is 340 g/mol. The summed E-state index contributed by atoms with van der Waals surface area (Å²) >= 11 is 3.14. The lowest BCUT2D eigenvalue weighted by Gasteiger charge is -2.09. The van der Waals surface area contributed by atoms with Crippen LogP contribution in [0.25, 0.3) is 0 Å². The lowest BCUT2D eigenvalue weighted by molar-refractivity contribution is 0.284. The van der Waals surface area contributed by atoms with Crippen molar-refractivity contribution in [1.29, 1.82) is 5.41 Å². The Morgan fingerprint density at radius 2 is 1.90 bits per heavy atom. The molecule has 2 rings (SSSR count). The van der Waals surface area contributed by atoms with E-state index >= 15 is 0 Å². The van der Waals surface area contributed by atoms with Crippen LogP contribution < -0.4 is 10.5 Å². The van der Waals surface area contributed by atoms with E-state index in [0.29, 0.717) is 10.0 Å². The van der Waals surface area contributed by atoms with Crippen molar-refractivity contribution in [1.82, 2.24) is 0 Å². The average molecular weight is 341 g/mol. The van der Waals surface area contributed by atoms with E-state index in [1.54, 1.807) is 6.07 Å². The molecule has 3 nitrogen and oxygen atoms in total. The number of benzene rings is 2. The first-order chi connectivity index (χ1) is 9.47. The van der Waals surface area contributed by atoms with Crippen LogP contribution in [0.2, 0.25) is 0 Å². The molecule has 0 bridgehead atoms. The largest absolute Gasteiger partial charge is 0.486 e. The minimum Gasteiger partial charge on any atom is -0.486 e. The van der Waals surface area contributed by atoms with Gasteiger partial charge < -0.3 is 10.5 Å². The number of nitrogens with one attached hydrogen (secondary N) is 1. The summed E-state index contributed by atoms with van der Waals surface area (Å²) in [5.41, 5.74) is 5.82. The second-order valence-electron chi connectivity index (χ2n) is 4.08. The molecule has 20 heavy (non-hydrogen) atoms. The molecule has 3 N–H and O–H groups in total. The maximum atomic E-state index is 13.7. The highest BCUT2D eigenvalue weighted by atomic mass is 79.9. The van der Waals surface area contributed by atoms with Gasteiger partial charge in [-0.25, -0.2) is 8.78 Å². The third kappa shape index (κ3) is 3.33. The standard InChI is InChI=1S/C14H11BrF2N2O/c15-10-3-4-13(12(17)6-10)20-7-9-2-1-8(14(18)19)5-11(9)16/h1-6H,7H2,(H3,18,19). The predicted molar refractivity (Wildman–Crippen MR) is 75.8 cm³/mol. The number of rotatable bonds is 4. The van der Waals surface area contributed by atoms with Crippen LogP contribution in [0.1, 0.15) is 11.1 Å². The number of hydrogen-bond donors (Lipinski definition) is 2. The lowest BCUT2D eigenvalue weighted by atomic mass is 10.1. The van der Waals surface area contributed by atoms with Crippen molar-refractivity contribution in [2.45, 2.75) is 6.61 Å². The SMILES string of the molecule is N=C(N)c1ccc(COc2ccc(Br)cc2F)c(F)c1. The molecule has 0 saturated heterocycles. The van der Waals surface area contributed by atoms with E-state index in [1.165, 1.54) is 24.3 Å². The molecule has 0 amide bonds. The molecule has 0 aromatic heterocycles. The maximum Gasteiger partial charge on any atom is 0.166 e. The fraction of sp³-hybridized carbons (Fsp3) is 0.0714. The van der Waals surface area contributed by atoms with Crippen molar-refractivity contribution in [2.75, 3.05) is 0 Å². The summed E-state index contributed by atoms with van der Waals surface area (Å²) in [6, 6.07) is 8.49. The van der Waals surface area contributed by atoms with Gasteiger partial charge in [0.25, 0.3) is 0 Å². The fourth-order valence-electron chi connectivity index (χ4n) is 1.58. The first kappa shape index (κ1) is 14.5. The van der Waals surface area contributed by atoms with Gasteiger partial charge in [-0.1, -0.05) is 28.1 Å². The molecule has 0 saturated carbocycles. The third-order valence-electron chi connectivity index (χ3n) is 2.64. The summed E-state index contributed by atoms with van der Waals surface area (Å²) in [5, 5.41) is 7.21. The van der Waals surface area contributed by atoms with Gasteiger partial charge in [-0.15, -0.1) is 0 Å². The fourth-order valence-corrected chi connectivity index (χ4v) is 1.91. The zero-order valence-electron chi connectivity index (χ0n) is 10.3. The van der Waals surface area contributed by atoms with Crippen molar-refractivity contribution in [3.8, 4) is 5.75 Å². The molecule has 104 valence electrons. The summed E-state index contributed by atoms with van der Waals surface area (Å²) in [6.45, 7) is -0.109. The van der Waals surface area contributed by atoms with Gasteiger partial charge in [0.2, 0.25) is 0 Å². The molecule has 6 heteroatoms. The number of nitrogen functional groups attached to an aromatic ring is 1. The molecule has 2 aromatic rings. The van der Waals surface area contributed by atoms with Crippen LogP contribution in [0.15, 0.2) is 40.9 Å². The normalized spacial score (nSPS) is 10.3. The number of amidine groups is 1. The Hall–Kier alpha value is -1.95. The van der Waals surface area contributed by atoms with Crippen LogP contribution in [0.4, 0.5) is 8.78 Å². The van der Waals surface area contributed by atoms with Gasteiger partial charge in [0.15, 0.2) is 11.6 Å². The first-order valence-corrected chi connectivity index (χ1v) is 6.47. The minimum atomic E-state index is -0.546. The molecule has 0 spiro atoms. The highest BCUT2D eigenvalue weighted by molar-refractivity contribution is 9.10. The van der Waals surface area contributed by atoms with Crippen LogP contribution >= 0.6 is 15.9 Å². The maximum absolute atomic E-state index is 13.7. The number of hydrogen-bond acceptors (Lipinski definition) is 2. The Morgan fingerprint density at radius 3 is 2.50 bits per heavy atom. The summed E-state index contributed by atoms with van der Waals surface area (Å²) < 4.78 is 33.1. The molecule has 0 aliphatic carbocycles. The zero-order valence-corrected chi connectivity index (χ0v) is 11.9. The smallest absolute Gasteiger partial charge is 0.166 e. The highest BCUT2D eigenvalue weighted by Crippen LogP contribution is 2.23. The second kappa shape index (κ2) is 6.00. The Balaban J connectivity index is 2.13. The molecule has 0 aliphatic rings. The van der Waals surface area contributed by atoms with Crippen molar-refractivity contribution >= 4 is 21.8 Å². The van der Waals surface area contributed by atoms with Gasteiger partial charge in [-0.2, -0.15) is 0 Å². The summed E-state index contributed by atoms with van der Waals surface area (Å²) in [4.78, 5) is 0. The highest BCUT2D eigenvalue weighted by Gasteiger charge is 2.08. The molecule has 0 atom stereocenters. The lowest BCUT2D eigenvalue weighted by Crippen LogP contribution is -2.12. The zero-order chi connectivity index (χ0) is 14.7. The van der Waals surface area contributed by atoms with Crippen LogP contribution in [-0.2, 0) is 6.61 Å². The van der Waals surface area contributed by atoms with E-state index in [-0.39, 0.29) is 23.8 Å². The Bertz CT molecular complexity index is 662. The van der Waals surface area contributed by atoms with Crippen molar-refractivity contribution in [3.63, 3.8) is 0 Å². The molecule has 0 radical (unpaired) electrons. The number of ether oxygens (including phenoxy) is 1. The summed E-state index contributed by atoms with van der Waals surface area (Å²) in [5.74, 6) is -1.24. The average Bonchev–Trinajstić information content (AvgIpc) is 2.38. The van der Waals surface area contributed by atoms with Crippen LogP contribution in [0.5, 0.6) is 5.75 Å².